The van der Waals surface area contributed by atoms with Crippen LogP contribution in [-0.4, -0.2) is 30.6 Å². The molecule has 0 aliphatic carbocycles. The van der Waals surface area contributed by atoms with Gasteiger partial charge in [0.15, 0.2) is 11.0 Å². The van der Waals surface area contributed by atoms with E-state index in [1.165, 1.54) is 17.3 Å². The van der Waals surface area contributed by atoms with E-state index in [9.17, 15) is 5.11 Å². The SMILES string of the molecule is Cc1ccc(-n2c(SCC(O)c3ccccc3Cl)nnc2-c2ccncc2)cc1. The monoisotopic (exact) mass is 422 g/mol. The second kappa shape index (κ2) is 8.78. The van der Waals surface area contributed by atoms with Crippen LogP contribution >= 0.6 is 23.4 Å². The number of nitrogens with zero attached hydrogens (tertiary/aromatic N) is 4. The van der Waals surface area contributed by atoms with Crippen molar-refractivity contribution in [2.45, 2.75) is 18.2 Å². The Morgan fingerprint density at radius 3 is 2.45 bits per heavy atom. The molecule has 29 heavy (non-hydrogen) atoms. The quantitative estimate of drug-likeness (QED) is 0.437. The van der Waals surface area contributed by atoms with Gasteiger partial charge in [-0.15, -0.1) is 10.2 Å². The number of hydrogen-bond donors (Lipinski definition) is 1. The minimum atomic E-state index is -0.707. The van der Waals surface area contributed by atoms with Crippen molar-refractivity contribution in [3.8, 4) is 17.1 Å². The average Bonchev–Trinajstić information content (AvgIpc) is 3.17. The Balaban J connectivity index is 1.67. The number of rotatable bonds is 6. The van der Waals surface area contributed by atoms with Crippen molar-refractivity contribution in [3.05, 3.63) is 89.2 Å². The first-order valence-electron chi connectivity index (χ1n) is 9.11. The predicted octanol–water partition coefficient (Wildman–Crippen LogP) is 5.12. The third kappa shape index (κ3) is 4.34. The lowest BCUT2D eigenvalue weighted by Gasteiger charge is -2.14. The van der Waals surface area contributed by atoms with E-state index in [1.807, 2.05) is 47.0 Å². The largest absolute Gasteiger partial charge is 0.387 e. The van der Waals surface area contributed by atoms with E-state index in [1.54, 1.807) is 18.5 Å². The first-order chi connectivity index (χ1) is 14.1. The number of pyridine rings is 1. The third-order valence-corrected chi connectivity index (χ3v) is 5.85. The maximum absolute atomic E-state index is 10.6. The van der Waals surface area contributed by atoms with Crippen LogP contribution in [0.3, 0.4) is 0 Å². The number of thioether (sulfide) groups is 1. The number of aromatic nitrogens is 4. The van der Waals surface area contributed by atoms with Gasteiger partial charge in [-0.2, -0.15) is 0 Å². The fourth-order valence-corrected chi connectivity index (χ4v) is 4.13. The number of halogens is 1. The molecule has 0 fully saturated rings. The van der Waals surface area contributed by atoms with Crippen LogP contribution in [0.5, 0.6) is 0 Å². The molecule has 4 rings (SSSR count). The molecular formula is C22H19ClN4OS. The normalized spacial score (nSPS) is 12.1. The van der Waals surface area contributed by atoms with E-state index < -0.39 is 6.10 Å². The molecule has 2 aromatic carbocycles. The van der Waals surface area contributed by atoms with Gasteiger partial charge in [0.1, 0.15) is 0 Å². The Morgan fingerprint density at radius 1 is 1.00 bits per heavy atom. The van der Waals surface area contributed by atoms with Crippen LogP contribution in [0.4, 0.5) is 0 Å². The van der Waals surface area contributed by atoms with Crippen LogP contribution in [0.25, 0.3) is 17.1 Å². The molecule has 1 unspecified atom stereocenters. The number of hydrogen-bond acceptors (Lipinski definition) is 5. The zero-order chi connectivity index (χ0) is 20.2. The van der Waals surface area contributed by atoms with E-state index in [-0.39, 0.29) is 0 Å². The highest BCUT2D eigenvalue weighted by molar-refractivity contribution is 7.99. The summed E-state index contributed by atoms with van der Waals surface area (Å²) in [5.41, 5.74) is 3.77. The van der Waals surface area contributed by atoms with Crippen LogP contribution < -0.4 is 0 Å². The Hall–Kier alpha value is -2.67. The maximum Gasteiger partial charge on any atom is 0.196 e. The zero-order valence-electron chi connectivity index (χ0n) is 15.7. The van der Waals surface area contributed by atoms with Crippen molar-refractivity contribution in [2.75, 3.05) is 5.75 Å². The van der Waals surface area contributed by atoms with Crippen LogP contribution in [0.2, 0.25) is 5.02 Å². The van der Waals surface area contributed by atoms with Crippen LogP contribution in [0, 0.1) is 6.92 Å². The molecule has 2 heterocycles. The average molecular weight is 423 g/mol. The van der Waals surface area contributed by atoms with Gasteiger partial charge < -0.3 is 5.11 Å². The first kappa shape index (κ1) is 19.6. The second-order valence-electron chi connectivity index (χ2n) is 6.56. The van der Waals surface area contributed by atoms with Crippen molar-refractivity contribution >= 4 is 23.4 Å². The molecule has 7 heteroatoms. The molecule has 0 bridgehead atoms. The van der Waals surface area contributed by atoms with Crippen LogP contribution in [0.1, 0.15) is 17.2 Å². The summed E-state index contributed by atoms with van der Waals surface area (Å²) in [6, 6.07) is 19.3. The summed E-state index contributed by atoms with van der Waals surface area (Å²) in [6.07, 6.45) is 2.76. The van der Waals surface area contributed by atoms with Crippen molar-refractivity contribution < 1.29 is 5.11 Å². The van der Waals surface area contributed by atoms with Gasteiger partial charge in [0.25, 0.3) is 0 Å². The summed E-state index contributed by atoms with van der Waals surface area (Å²) in [5, 5.41) is 20.7. The predicted molar refractivity (Wildman–Crippen MR) is 116 cm³/mol. The smallest absolute Gasteiger partial charge is 0.196 e. The molecule has 0 saturated heterocycles. The van der Waals surface area contributed by atoms with E-state index in [4.69, 9.17) is 11.6 Å². The number of aliphatic hydroxyl groups excluding tert-OH is 1. The highest BCUT2D eigenvalue weighted by Gasteiger charge is 2.18. The minimum absolute atomic E-state index is 0.407. The zero-order valence-corrected chi connectivity index (χ0v) is 17.3. The van der Waals surface area contributed by atoms with Gasteiger partial charge in [-0.3, -0.25) is 9.55 Å². The van der Waals surface area contributed by atoms with Crippen molar-refractivity contribution in [3.63, 3.8) is 0 Å². The molecule has 4 aromatic rings. The second-order valence-corrected chi connectivity index (χ2v) is 7.96. The summed E-state index contributed by atoms with van der Waals surface area (Å²) >= 11 is 7.66. The molecule has 146 valence electrons. The third-order valence-electron chi connectivity index (χ3n) is 4.50. The topological polar surface area (TPSA) is 63.8 Å². The summed E-state index contributed by atoms with van der Waals surface area (Å²) in [7, 11) is 0. The van der Waals surface area contributed by atoms with Gasteiger partial charge in [0.05, 0.1) is 6.10 Å². The van der Waals surface area contributed by atoms with E-state index >= 15 is 0 Å². The first-order valence-corrected chi connectivity index (χ1v) is 10.5. The van der Waals surface area contributed by atoms with Gasteiger partial charge in [0.2, 0.25) is 0 Å². The summed E-state index contributed by atoms with van der Waals surface area (Å²) in [4.78, 5) is 4.08. The number of aliphatic hydroxyl groups is 1. The lowest BCUT2D eigenvalue weighted by atomic mass is 10.1. The summed E-state index contributed by atoms with van der Waals surface area (Å²) in [6.45, 7) is 2.05. The Kier molecular flexibility index (Phi) is 5.94. The fourth-order valence-electron chi connectivity index (χ4n) is 2.97. The molecule has 1 N–H and O–H groups in total. The molecule has 0 amide bonds. The van der Waals surface area contributed by atoms with Crippen molar-refractivity contribution in [1.29, 1.82) is 0 Å². The fraction of sp³-hybridized carbons (Fsp3) is 0.136. The van der Waals surface area contributed by atoms with Gasteiger partial charge in [0, 0.05) is 34.4 Å². The van der Waals surface area contributed by atoms with Gasteiger partial charge in [-0.05, 0) is 42.8 Å². The molecule has 0 saturated carbocycles. The standard InChI is InChI=1S/C22H19ClN4OS/c1-15-6-8-17(9-7-15)27-21(16-10-12-24-13-11-16)25-26-22(27)29-14-20(28)18-4-2-3-5-19(18)23/h2-13,20,28H,14H2,1H3. The van der Waals surface area contributed by atoms with E-state index in [0.29, 0.717) is 21.5 Å². The minimum Gasteiger partial charge on any atom is -0.387 e. The van der Waals surface area contributed by atoms with Gasteiger partial charge >= 0.3 is 0 Å². The van der Waals surface area contributed by atoms with Gasteiger partial charge in [-0.25, -0.2) is 0 Å². The highest BCUT2D eigenvalue weighted by Crippen LogP contribution is 2.31. The molecule has 0 radical (unpaired) electrons. The molecule has 5 nitrogen and oxygen atoms in total. The van der Waals surface area contributed by atoms with Crippen LogP contribution in [-0.2, 0) is 0 Å². The van der Waals surface area contributed by atoms with Crippen molar-refractivity contribution in [1.82, 2.24) is 19.7 Å². The molecule has 2 aromatic heterocycles. The maximum atomic E-state index is 10.6. The lowest BCUT2D eigenvalue weighted by Crippen LogP contribution is -2.04. The molecule has 0 aliphatic rings. The molecule has 0 aliphatic heterocycles. The lowest BCUT2D eigenvalue weighted by molar-refractivity contribution is 0.204. The number of aryl methyl sites for hydroxylation is 1. The Labute approximate surface area is 178 Å². The van der Waals surface area contributed by atoms with Gasteiger partial charge in [-0.1, -0.05) is 59.3 Å². The van der Waals surface area contributed by atoms with E-state index in [2.05, 4.69) is 34.2 Å². The number of benzene rings is 2. The van der Waals surface area contributed by atoms with Crippen molar-refractivity contribution in [2.24, 2.45) is 0 Å². The summed E-state index contributed by atoms with van der Waals surface area (Å²) < 4.78 is 2.00. The van der Waals surface area contributed by atoms with Crippen LogP contribution in [0.15, 0.2) is 78.2 Å². The molecule has 1 atom stereocenters. The molecule has 0 spiro atoms. The Bertz CT molecular complexity index is 1100. The Morgan fingerprint density at radius 2 is 1.72 bits per heavy atom. The van der Waals surface area contributed by atoms with E-state index in [0.717, 1.165) is 17.1 Å². The summed E-state index contributed by atoms with van der Waals surface area (Å²) in [5.74, 6) is 1.13. The highest BCUT2D eigenvalue weighted by atomic mass is 35.5. The molecular weight excluding hydrogens is 404 g/mol.